The maximum Gasteiger partial charge on any atom is -0.0190 e. The molecule has 0 saturated heterocycles. The molecule has 88 valence electrons. The number of hydrogen-bond acceptors (Lipinski definition) is 0. The van der Waals surface area contributed by atoms with E-state index >= 15 is 0 Å². The van der Waals surface area contributed by atoms with Gasteiger partial charge in [-0.3, -0.25) is 0 Å². The predicted molar refractivity (Wildman–Crippen MR) is 70.7 cm³/mol. The lowest BCUT2D eigenvalue weighted by Gasteiger charge is -2.23. The van der Waals surface area contributed by atoms with E-state index in [1.807, 2.05) is 0 Å². The van der Waals surface area contributed by atoms with Gasteiger partial charge in [-0.15, -0.1) is 0 Å². The summed E-state index contributed by atoms with van der Waals surface area (Å²) >= 11 is 0. The second-order valence-electron chi connectivity index (χ2n) is 5.39. The molecule has 0 aromatic heterocycles. The van der Waals surface area contributed by atoms with Gasteiger partial charge >= 0.3 is 0 Å². The van der Waals surface area contributed by atoms with E-state index in [1.54, 1.807) is 0 Å². The topological polar surface area (TPSA) is 0 Å². The molecule has 1 aromatic rings. The van der Waals surface area contributed by atoms with Crippen molar-refractivity contribution in [1.82, 2.24) is 0 Å². The number of rotatable bonds is 4. The van der Waals surface area contributed by atoms with Gasteiger partial charge in [0.25, 0.3) is 0 Å². The summed E-state index contributed by atoms with van der Waals surface area (Å²) < 4.78 is 0. The first-order chi connectivity index (χ1) is 7.86. The van der Waals surface area contributed by atoms with Gasteiger partial charge in [0.1, 0.15) is 0 Å². The fourth-order valence-corrected chi connectivity index (χ4v) is 2.91. The van der Waals surface area contributed by atoms with Crippen molar-refractivity contribution in [2.24, 2.45) is 5.92 Å². The molecular formula is C16H24. The van der Waals surface area contributed by atoms with Crippen LogP contribution >= 0.6 is 0 Å². The minimum Gasteiger partial charge on any atom is -0.0622 e. The summed E-state index contributed by atoms with van der Waals surface area (Å²) in [5.74, 6) is 1.77. The highest BCUT2D eigenvalue weighted by atomic mass is 14.2. The summed E-state index contributed by atoms with van der Waals surface area (Å²) in [4.78, 5) is 0. The summed E-state index contributed by atoms with van der Waals surface area (Å²) in [6, 6.07) is 11.0. The standard InChI is InChI=1S/C16H24/c1-14(16-10-6-3-7-11-16)12-13-15-8-4-2-5-9-15/h3,6-7,10-11,14-15H,2,4-5,8-9,12-13H2,1H3/t14-/m0/s1. The Bertz CT molecular complexity index is 282. The fourth-order valence-electron chi connectivity index (χ4n) is 2.91. The monoisotopic (exact) mass is 216 g/mol. The number of hydrogen-bond donors (Lipinski definition) is 0. The minimum atomic E-state index is 0.739. The molecule has 0 unspecified atom stereocenters. The fraction of sp³-hybridized carbons (Fsp3) is 0.625. The maximum atomic E-state index is 2.37. The maximum absolute atomic E-state index is 2.37. The normalized spacial score (nSPS) is 19.6. The summed E-state index contributed by atoms with van der Waals surface area (Å²) in [5.41, 5.74) is 1.51. The molecule has 0 spiro atoms. The van der Waals surface area contributed by atoms with Crippen molar-refractivity contribution in [3.63, 3.8) is 0 Å². The average molecular weight is 216 g/mol. The van der Waals surface area contributed by atoms with Gasteiger partial charge in [0, 0.05) is 0 Å². The van der Waals surface area contributed by atoms with Crippen molar-refractivity contribution in [3.8, 4) is 0 Å². The van der Waals surface area contributed by atoms with Crippen molar-refractivity contribution in [2.75, 3.05) is 0 Å². The molecule has 1 aromatic carbocycles. The zero-order chi connectivity index (χ0) is 11.2. The molecule has 0 N–H and O–H groups in total. The van der Waals surface area contributed by atoms with E-state index in [4.69, 9.17) is 0 Å². The van der Waals surface area contributed by atoms with Crippen molar-refractivity contribution in [1.29, 1.82) is 0 Å². The molecule has 0 heteroatoms. The predicted octanol–water partition coefficient (Wildman–Crippen LogP) is 5.15. The molecule has 1 saturated carbocycles. The van der Waals surface area contributed by atoms with E-state index in [1.165, 1.54) is 50.5 Å². The van der Waals surface area contributed by atoms with Crippen LogP contribution in [0.2, 0.25) is 0 Å². The van der Waals surface area contributed by atoms with Crippen LogP contribution in [0.15, 0.2) is 30.3 Å². The van der Waals surface area contributed by atoms with Crippen LogP contribution in [0.25, 0.3) is 0 Å². The minimum absolute atomic E-state index is 0.739. The molecule has 1 aliphatic rings. The zero-order valence-electron chi connectivity index (χ0n) is 10.5. The Kier molecular flexibility index (Phi) is 4.44. The molecule has 1 atom stereocenters. The van der Waals surface area contributed by atoms with Gasteiger partial charge in [-0.2, -0.15) is 0 Å². The quantitative estimate of drug-likeness (QED) is 0.653. The van der Waals surface area contributed by atoms with Crippen LogP contribution in [-0.4, -0.2) is 0 Å². The highest BCUT2D eigenvalue weighted by Crippen LogP contribution is 2.30. The van der Waals surface area contributed by atoms with Crippen molar-refractivity contribution < 1.29 is 0 Å². The van der Waals surface area contributed by atoms with E-state index in [0.717, 1.165) is 11.8 Å². The Morgan fingerprint density at radius 1 is 1.06 bits per heavy atom. The third-order valence-electron chi connectivity index (χ3n) is 4.10. The van der Waals surface area contributed by atoms with Gasteiger partial charge in [-0.1, -0.05) is 69.4 Å². The molecular weight excluding hydrogens is 192 g/mol. The van der Waals surface area contributed by atoms with Crippen LogP contribution in [0.3, 0.4) is 0 Å². The van der Waals surface area contributed by atoms with E-state index < -0.39 is 0 Å². The van der Waals surface area contributed by atoms with Gasteiger partial charge in [0.05, 0.1) is 0 Å². The first-order valence-electron chi connectivity index (χ1n) is 6.91. The highest BCUT2D eigenvalue weighted by molar-refractivity contribution is 5.18. The molecule has 0 bridgehead atoms. The van der Waals surface area contributed by atoms with Crippen LogP contribution < -0.4 is 0 Å². The largest absolute Gasteiger partial charge is 0.0622 e. The van der Waals surface area contributed by atoms with E-state index in [2.05, 4.69) is 37.3 Å². The summed E-state index contributed by atoms with van der Waals surface area (Å²) in [6.45, 7) is 2.37. The van der Waals surface area contributed by atoms with Crippen molar-refractivity contribution in [2.45, 2.75) is 57.8 Å². The van der Waals surface area contributed by atoms with Crippen molar-refractivity contribution >= 4 is 0 Å². The average Bonchev–Trinajstić information content (AvgIpc) is 2.38. The zero-order valence-corrected chi connectivity index (χ0v) is 10.5. The Balaban J connectivity index is 1.77. The van der Waals surface area contributed by atoms with Gasteiger partial charge in [0.2, 0.25) is 0 Å². The van der Waals surface area contributed by atoms with E-state index in [9.17, 15) is 0 Å². The lowest BCUT2D eigenvalue weighted by molar-refractivity contribution is 0.325. The molecule has 0 aliphatic heterocycles. The molecule has 0 nitrogen and oxygen atoms in total. The first-order valence-corrected chi connectivity index (χ1v) is 6.91. The summed E-state index contributed by atoms with van der Waals surface area (Å²) in [7, 11) is 0. The molecule has 1 aliphatic carbocycles. The second kappa shape index (κ2) is 6.08. The number of benzene rings is 1. The third kappa shape index (κ3) is 3.37. The Morgan fingerprint density at radius 2 is 1.75 bits per heavy atom. The van der Waals surface area contributed by atoms with Crippen LogP contribution in [0.4, 0.5) is 0 Å². The molecule has 16 heavy (non-hydrogen) atoms. The molecule has 0 radical (unpaired) electrons. The Labute approximate surface area is 100 Å². The smallest absolute Gasteiger partial charge is 0.0190 e. The third-order valence-corrected chi connectivity index (χ3v) is 4.10. The lowest BCUT2D eigenvalue weighted by Crippen LogP contribution is -2.07. The lowest BCUT2D eigenvalue weighted by atomic mass is 9.83. The van der Waals surface area contributed by atoms with E-state index in [-0.39, 0.29) is 0 Å². The first kappa shape index (κ1) is 11.7. The summed E-state index contributed by atoms with van der Waals surface area (Å²) in [5, 5.41) is 0. The molecule has 1 fully saturated rings. The second-order valence-corrected chi connectivity index (χ2v) is 5.39. The van der Waals surface area contributed by atoms with Gasteiger partial charge in [-0.25, -0.2) is 0 Å². The van der Waals surface area contributed by atoms with Crippen LogP contribution in [0, 0.1) is 5.92 Å². The Hall–Kier alpha value is -0.780. The molecule has 2 rings (SSSR count). The van der Waals surface area contributed by atoms with E-state index in [0.29, 0.717) is 0 Å². The van der Waals surface area contributed by atoms with Gasteiger partial charge in [-0.05, 0) is 30.2 Å². The van der Waals surface area contributed by atoms with Crippen LogP contribution in [0.5, 0.6) is 0 Å². The van der Waals surface area contributed by atoms with Gasteiger partial charge in [0.15, 0.2) is 0 Å². The molecule has 0 heterocycles. The SMILES string of the molecule is C[C@@H](CCC1CCCCC1)c1ccccc1. The van der Waals surface area contributed by atoms with Crippen LogP contribution in [-0.2, 0) is 0 Å². The highest BCUT2D eigenvalue weighted by Gasteiger charge is 2.14. The Morgan fingerprint density at radius 3 is 2.44 bits per heavy atom. The molecule has 0 amide bonds. The summed E-state index contributed by atoms with van der Waals surface area (Å²) in [6.07, 6.45) is 10.2. The van der Waals surface area contributed by atoms with Crippen LogP contribution in [0.1, 0.15) is 63.4 Å². The van der Waals surface area contributed by atoms with Gasteiger partial charge < -0.3 is 0 Å². The van der Waals surface area contributed by atoms with Crippen molar-refractivity contribution in [3.05, 3.63) is 35.9 Å².